The van der Waals surface area contributed by atoms with Crippen LogP contribution >= 0.6 is 15.9 Å². The number of benzene rings is 3. The number of anilines is 2. The average molecular weight is 489 g/mol. The van der Waals surface area contributed by atoms with Crippen LogP contribution in [-0.2, 0) is 0 Å². The summed E-state index contributed by atoms with van der Waals surface area (Å²) in [4.78, 5) is 28.9. The lowest BCUT2D eigenvalue weighted by atomic mass is 10.1. The summed E-state index contributed by atoms with van der Waals surface area (Å²) in [5.41, 5.74) is 8.50. The Labute approximate surface area is 190 Å². The van der Waals surface area contributed by atoms with Gasteiger partial charge in [0.1, 0.15) is 11.1 Å². The molecule has 0 aliphatic carbocycles. The maximum atomic E-state index is 12.4. The number of amides is 1. The van der Waals surface area contributed by atoms with Crippen LogP contribution in [0.5, 0.6) is 0 Å². The second-order valence-corrected chi connectivity index (χ2v) is 8.24. The maximum Gasteiger partial charge on any atom is 0.349 e. The van der Waals surface area contributed by atoms with Gasteiger partial charge < -0.3 is 15.5 Å². The zero-order chi connectivity index (χ0) is 22.4. The van der Waals surface area contributed by atoms with Gasteiger partial charge in [0.15, 0.2) is 0 Å². The van der Waals surface area contributed by atoms with Gasteiger partial charge in [0.25, 0.3) is 5.91 Å². The topological polar surface area (TPSA) is 103 Å². The highest BCUT2D eigenvalue weighted by Crippen LogP contribution is 2.31. The lowest BCUT2D eigenvalue weighted by molar-refractivity contribution is 0.0996. The minimum Gasteiger partial charge on any atom is -0.422 e. The maximum absolute atomic E-state index is 12.4. The second kappa shape index (κ2) is 7.65. The monoisotopic (exact) mass is 488 g/mol. The van der Waals surface area contributed by atoms with Crippen LogP contribution in [-0.4, -0.2) is 15.5 Å². The lowest BCUT2D eigenvalue weighted by Gasteiger charge is -2.11. The molecule has 0 saturated carbocycles. The van der Waals surface area contributed by atoms with Crippen molar-refractivity contribution in [2.24, 2.45) is 5.73 Å². The number of imidazole rings is 1. The highest BCUT2D eigenvalue weighted by atomic mass is 79.9. The minimum atomic E-state index is -0.814. The smallest absolute Gasteiger partial charge is 0.349 e. The molecule has 0 aliphatic rings. The van der Waals surface area contributed by atoms with Crippen molar-refractivity contribution in [3.63, 3.8) is 0 Å². The molecule has 0 bridgehead atoms. The number of nitrogens with one attached hydrogen (secondary N) is 1. The van der Waals surface area contributed by atoms with E-state index in [1.54, 1.807) is 13.0 Å². The van der Waals surface area contributed by atoms with Gasteiger partial charge in [-0.05, 0) is 55.0 Å². The first-order valence-electron chi connectivity index (χ1n) is 9.80. The fourth-order valence-corrected chi connectivity index (χ4v) is 4.05. The Balaban J connectivity index is 1.79. The lowest BCUT2D eigenvalue weighted by Crippen LogP contribution is -2.22. The van der Waals surface area contributed by atoms with E-state index in [0.717, 1.165) is 21.4 Å². The molecule has 5 rings (SSSR count). The number of aromatic nitrogens is 2. The Hall–Kier alpha value is -3.91. The highest BCUT2D eigenvalue weighted by Gasteiger charge is 2.19. The molecule has 5 aromatic rings. The molecule has 0 radical (unpaired) electrons. The molecular formula is C24H17BrN4O3. The van der Waals surface area contributed by atoms with Gasteiger partial charge in [-0.25, -0.2) is 9.78 Å². The Morgan fingerprint density at radius 3 is 2.50 bits per heavy atom. The predicted octanol–water partition coefficient (Wildman–Crippen LogP) is 5.05. The molecule has 7 nitrogen and oxygen atoms in total. The number of hydrogen-bond acceptors (Lipinski definition) is 5. The van der Waals surface area contributed by atoms with E-state index < -0.39 is 11.5 Å². The number of fused-ring (bicyclic) bond motifs is 2. The van der Waals surface area contributed by atoms with Gasteiger partial charge in [0, 0.05) is 27.3 Å². The highest BCUT2D eigenvalue weighted by molar-refractivity contribution is 9.10. The Morgan fingerprint density at radius 2 is 1.81 bits per heavy atom. The number of nitrogens with zero attached hydrogens (tertiary/aromatic N) is 2. The van der Waals surface area contributed by atoms with Gasteiger partial charge in [0.05, 0.1) is 11.0 Å². The largest absolute Gasteiger partial charge is 0.422 e. The van der Waals surface area contributed by atoms with E-state index in [2.05, 4.69) is 21.2 Å². The molecular weight excluding hydrogens is 472 g/mol. The number of rotatable bonds is 4. The Morgan fingerprint density at radius 1 is 1.09 bits per heavy atom. The summed E-state index contributed by atoms with van der Waals surface area (Å²) in [6.07, 6.45) is 0. The summed E-state index contributed by atoms with van der Waals surface area (Å²) in [6.45, 7) is 1.68. The van der Waals surface area contributed by atoms with Crippen LogP contribution in [0.25, 0.3) is 27.7 Å². The first-order chi connectivity index (χ1) is 15.4. The Bertz CT molecular complexity index is 1550. The molecule has 158 valence electrons. The van der Waals surface area contributed by atoms with Gasteiger partial charge in [-0.1, -0.05) is 34.1 Å². The van der Waals surface area contributed by atoms with Crippen molar-refractivity contribution in [3.05, 3.63) is 92.7 Å². The standard InChI is InChI=1S/C24H17BrN4O3/c1-13-17-11-18-19(12-20(17)32-23(31)21(13)22(26)30)29(16-5-3-2-4-6-16)24(28-18)27-15-9-7-14(25)8-10-15/h2-12H,1H3,(H2,26,30)(H,27,28). The number of aryl methyl sites for hydroxylation is 1. The van der Waals surface area contributed by atoms with E-state index in [4.69, 9.17) is 15.1 Å². The van der Waals surface area contributed by atoms with E-state index in [-0.39, 0.29) is 5.56 Å². The number of primary amides is 1. The first kappa shape index (κ1) is 20.0. The van der Waals surface area contributed by atoms with Crippen LogP contribution in [0, 0.1) is 6.92 Å². The average Bonchev–Trinajstić information content (AvgIpc) is 3.11. The third-order valence-corrected chi connectivity index (χ3v) is 5.83. The normalized spacial score (nSPS) is 11.2. The fraction of sp³-hybridized carbons (Fsp3) is 0.0417. The summed E-state index contributed by atoms with van der Waals surface area (Å²) in [5, 5.41) is 3.97. The zero-order valence-electron chi connectivity index (χ0n) is 16.9. The molecule has 1 amide bonds. The molecule has 2 heterocycles. The molecule has 2 aromatic heterocycles. The summed E-state index contributed by atoms with van der Waals surface area (Å²) in [5.74, 6) is -0.218. The van der Waals surface area contributed by atoms with Gasteiger partial charge in [-0.3, -0.25) is 9.36 Å². The van der Waals surface area contributed by atoms with E-state index >= 15 is 0 Å². The van der Waals surface area contributed by atoms with Gasteiger partial charge >= 0.3 is 5.63 Å². The van der Waals surface area contributed by atoms with Gasteiger partial charge in [-0.2, -0.15) is 0 Å². The third kappa shape index (κ3) is 3.34. The van der Waals surface area contributed by atoms with Crippen molar-refractivity contribution in [1.29, 1.82) is 0 Å². The predicted molar refractivity (Wildman–Crippen MR) is 128 cm³/mol. The van der Waals surface area contributed by atoms with E-state index in [1.165, 1.54) is 0 Å². The molecule has 0 fully saturated rings. The molecule has 3 N–H and O–H groups in total. The molecule has 0 aliphatic heterocycles. The molecule has 0 atom stereocenters. The number of nitrogens with two attached hydrogens (primary N) is 1. The van der Waals surface area contributed by atoms with Crippen LogP contribution in [0.4, 0.5) is 11.6 Å². The summed E-state index contributed by atoms with van der Waals surface area (Å²) >= 11 is 3.45. The summed E-state index contributed by atoms with van der Waals surface area (Å²) < 4.78 is 8.38. The Kier molecular flexibility index (Phi) is 4.79. The van der Waals surface area contributed by atoms with Gasteiger partial charge in [0.2, 0.25) is 5.95 Å². The van der Waals surface area contributed by atoms with Crippen LogP contribution < -0.4 is 16.7 Å². The van der Waals surface area contributed by atoms with Crippen molar-refractivity contribution < 1.29 is 9.21 Å². The molecule has 0 saturated heterocycles. The molecule has 0 spiro atoms. The number of para-hydroxylation sites is 1. The van der Waals surface area contributed by atoms with Crippen molar-refractivity contribution in [3.8, 4) is 5.69 Å². The third-order valence-electron chi connectivity index (χ3n) is 5.30. The number of carbonyl (C=O) groups excluding carboxylic acids is 1. The quantitative estimate of drug-likeness (QED) is 0.344. The fourth-order valence-electron chi connectivity index (χ4n) is 3.79. The SMILES string of the molecule is Cc1c(C(N)=O)c(=O)oc2cc3c(cc12)nc(Nc1ccc(Br)cc1)n3-c1ccccc1. The van der Waals surface area contributed by atoms with E-state index in [1.807, 2.05) is 65.2 Å². The van der Waals surface area contributed by atoms with Gasteiger partial charge in [-0.15, -0.1) is 0 Å². The molecule has 0 unspecified atom stereocenters. The van der Waals surface area contributed by atoms with E-state index in [0.29, 0.717) is 28.0 Å². The van der Waals surface area contributed by atoms with Crippen molar-refractivity contribution >= 4 is 55.5 Å². The molecule has 3 aromatic carbocycles. The molecule has 32 heavy (non-hydrogen) atoms. The van der Waals surface area contributed by atoms with Crippen LogP contribution in [0.15, 0.2) is 80.4 Å². The van der Waals surface area contributed by atoms with Crippen LogP contribution in [0.1, 0.15) is 15.9 Å². The van der Waals surface area contributed by atoms with Crippen molar-refractivity contribution in [2.45, 2.75) is 6.92 Å². The minimum absolute atomic E-state index is 0.146. The number of carbonyl (C=O) groups is 1. The summed E-state index contributed by atoms with van der Waals surface area (Å²) in [6, 6.07) is 21.1. The van der Waals surface area contributed by atoms with Crippen LogP contribution in [0.2, 0.25) is 0 Å². The van der Waals surface area contributed by atoms with Crippen molar-refractivity contribution in [2.75, 3.05) is 5.32 Å². The zero-order valence-corrected chi connectivity index (χ0v) is 18.5. The van der Waals surface area contributed by atoms with Crippen LogP contribution in [0.3, 0.4) is 0 Å². The van der Waals surface area contributed by atoms with E-state index in [9.17, 15) is 9.59 Å². The first-order valence-corrected chi connectivity index (χ1v) is 10.6. The summed E-state index contributed by atoms with van der Waals surface area (Å²) in [7, 11) is 0. The number of hydrogen-bond donors (Lipinski definition) is 2. The second-order valence-electron chi connectivity index (χ2n) is 7.33. The number of halogens is 1. The molecule has 8 heteroatoms. The van der Waals surface area contributed by atoms with Crippen molar-refractivity contribution in [1.82, 2.24) is 9.55 Å².